The maximum Gasteiger partial charge on any atom is 0.340 e. The number of nitriles is 1. The number of ether oxygens (including phenoxy) is 4. The molecule has 0 saturated carbocycles. The van der Waals surface area contributed by atoms with Crippen molar-refractivity contribution in [3.05, 3.63) is 123 Å². The van der Waals surface area contributed by atoms with Crippen LogP contribution in [0, 0.1) is 32.1 Å². The molecular weight excluding hydrogens is 606 g/mol. The average Bonchev–Trinajstić information content (AvgIpc) is 3.59. The van der Waals surface area contributed by atoms with Gasteiger partial charge in [-0.05, 0) is 64.1 Å². The van der Waals surface area contributed by atoms with Gasteiger partial charge < -0.3 is 24.1 Å². The number of aromatic nitrogens is 2. The molecule has 4 aromatic rings. The van der Waals surface area contributed by atoms with Crippen molar-refractivity contribution < 1.29 is 43.2 Å². The number of H-pyrrole nitrogens is 1. The van der Waals surface area contributed by atoms with Gasteiger partial charge in [0.05, 0.1) is 22.4 Å². The number of benzene rings is 3. The molecule has 5 rings (SSSR count). The van der Waals surface area contributed by atoms with Crippen molar-refractivity contribution in [2.75, 3.05) is 6.61 Å². The summed E-state index contributed by atoms with van der Waals surface area (Å²) in [7, 11) is 0. The fourth-order valence-electron chi connectivity index (χ4n) is 5.28. The van der Waals surface area contributed by atoms with Crippen LogP contribution in [0.4, 0.5) is 0 Å². The highest BCUT2D eigenvalue weighted by Gasteiger charge is 2.61. The molecular formula is C35H31N3O9. The lowest BCUT2D eigenvalue weighted by Crippen LogP contribution is -2.50. The third-order valence-corrected chi connectivity index (χ3v) is 7.90. The van der Waals surface area contributed by atoms with Crippen molar-refractivity contribution in [1.82, 2.24) is 10.2 Å². The maximum atomic E-state index is 13.6. The van der Waals surface area contributed by atoms with Crippen molar-refractivity contribution in [1.29, 1.82) is 5.26 Å². The molecule has 3 aromatic carbocycles. The van der Waals surface area contributed by atoms with E-state index < -0.39 is 65.7 Å². The predicted molar refractivity (Wildman–Crippen MR) is 165 cm³/mol. The van der Waals surface area contributed by atoms with Gasteiger partial charge in [0.25, 0.3) is 0 Å². The third-order valence-electron chi connectivity index (χ3n) is 7.90. The van der Waals surface area contributed by atoms with Crippen LogP contribution in [0.5, 0.6) is 0 Å². The number of esters is 3. The molecule has 1 aliphatic heterocycles. The van der Waals surface area contributed by atoms with E-state index in [-0.39, 0.29) is 22.4 Å². The Labute approximate surface area is 269 Å². The van der Waals surface area contributed by atoms with Gasteiger partial charge in [-0.15, -0.1) is 0 Å². The largest absolute Gasteiger partial charge is 0.478 e. The molecule has 0 bridgehead atoms. The highest BCUT2D eigenvalue weighted by atomic mass is 16.7. The summed E-state index contributed by atoms with van der Waals surface area (Å²) >= 11 is 0. The molecule has 12 nitrogen and oxygen atoms in total. The number of carbonyl (C=O) groups is 4. The number of nitrogens with zero attached hydrogens (tertiary/aromatic N) is 2. The molecule has 47 heavy (non-hydrogen) atoms. The van der Waals surface area contributed by atoms with Crippen molar-refractivity contribution in [2.24, 2.45) is 0 Å². The van der Waals surface area contributed by atoms with Crippen LogP contribution in [-0.2, 0) is 18.9 Å². The van der Waals surface area contributed by atoms with Gasteiger partial charge in [-0.25, -0.2) is 19.2 Å². The first-order valence-electron chi connectivity index (χ1n) is 14.6. The molecule has 0 spiro atoms. The highest BCUT2D eigenvalue weighted by molar-refractivity contribution is 5.93. The predicted octanol–water partition coefficient (Wildman–Crippen LogP) is 5.04. The van der Waals surface area contributed by atoms with Crippen LogP contribution < -0.4 is 0 Å². The number of nitrogens with one attached hydrogen (secondary N) is 1. The fraction of sp³-hybridized carbons (Fsp3) is 0.257. The fourth-order valence-corrected chi connectivity index (χ4v) is 5.28. The van der Waals surface area contributed by atoms with Crippen molar-refractivity contribution in [2.45, 2.75) is 51.6 Å². The summed E-state index contributed by atoms with van der Waals surface area (Å²) in [6, 6.07) is 21.4. The first-order valence-corrected chi connectivity index (χ1v) is 14.6. The second-order valence-electron chi connectivity index (χ2n) is 11.4. The topological polar surface area (TPSA) is 178 Å². The number of carboxylic acid groups (broad SMARTS) is 1. The minimum Gasteiger partial charge on any atom is -0.478 e. The SMILES string of the molecule is Cc1ccc(C(=O)OC[C@H]2O[C@@H](c3[nH]nc(C#N)c3C(=O)O)[C@](C)(OC(=O)c3ccc(C)cc3)[C@@H]2OC(=O)c2ccc(C)cc2)cc1. The second kappa shape index (κ2) is 13.3. The van der Waals surface area contributed by atoms with Crippen LogP contribution in [0.3, 0.4) is 0 Å². The Hall–Kier alpha value is -5.80. The molecule has 2 heterocycles. The summed E-state index contributed by atoms with van der Waals surface area (Å²) in [6.07, 6.45) is -4.19. The van der Waals surface area contributed by atoms with Crippen LogP contribution >= 0.6 is 0 Å². The summed E-state index contributed by atoms with van der Waals surface area (Å²) in [5.41, 5.74) is 0.220. The standard InChI is InChI=1S/C35H31N3O9/c1-19-5-11-22(12-6-19)32(41)44-18-26-29(46-33(42)23-13-7-20(2)8-14-23)35(4,47-34(43)24-15-9-21(3)10-16-24)30(45-26)28-27(31(39)40)25(17-36)37-38-28/h5-16,26,29-30H,18H2,1-4H3,(H,37,38)(H,39,40)/t26-,29-,30+,35-/m1/s1. The molecule has 2 N–H and O–H groups in total. The molecule has 1 aromatic heterocycles. The van der Waals surface area contributed by atoms with E-state index in [4.69, 9.17) is 18.9 Å². The van der Waals surface area contributed by atoms with Crippen LogP contribution in [0.15, 0.2) is 72.8 Å². The number of aryl methyl sites for hydroxylation is 3. The molecule has 0 aliphatic carbocycles. The molecule has 12 heteroatoms. The van der Waals surface area contributed by atoms with Crippen LogP contribution in [0.2, 0.25) is 0 Å². The highest BCUT2D eigenvalue weighted by Crippen LogP contribution is 2.47. The van der Waals surface area contributed by atoms with E-state index in [0.29, 0.717) is 0 Å². The van der Waals surface area contributed by atoms with Gasteiger partial charge >= 0.3 is 23.9 Å². The maximum absolute atomic E-state index is 13.6. The van der Waals surface area contributed by atoms with Gasteiger partial charge in [0, 0.05) is 0 Å². The Morgan fingerprint density at radius 2 is 1.34 bits per heavy atom. The van der Waals surface area contributed by atoms with Crippen LogP contribution in [0.25, 0.3) is 0 Å². The molecule has 0 unspecified atom stereocenters. The minimum absolute atomic E-state index is 0.161. The number of carbonyl (C=O) groups excluding carboxylic acids is 3. The zero-order valence-electron chi connectivity index (χ0n) is 26.0. The van der Waals surface area contributed by atoms with E-state index in [1.807, 2.05) is 20.8 Å². The number of rotatable bonds is 9. The second-order valence-corrected chi connectivity index (χ2v) is 11.4. The van der Waals surface area contributed by atoms with E-state index in [1.54, 1.807) is 78.9 Å². The molecule has 1 aliphatic rings. The van der Waals surface area contributed by atoms with E-state index in [2.05, 4.69) is 10.2 Å². The monoisotopic (exact) mass is 637 g/mol. The van der Waals surface area contributed by atoms with Gasteiger partial charge in [-0.2, -0.15) is 10.4 Å². The lowest BCUT2D eigenvalue weighted by Gasteiger charge is -2.34. The van der Waals surface area contributed by atoms with Gasteiger partial charge in [-0.1, -0.05) is 53.1 Å². The van der Waals surface area contributed by atoms with Gasteiger partial charge in [0.2, 0.25) is 0 Å². The van der Waals surface area contributed by atoms with Gasteiger partial charge in [0.15, 0.2) is 17.4 Å². The Kier molecular flexibility index (Phi) is 9.21. The Morgan fingerprint density at radius 3 is 1.83 bits per heavy atom. The van der Waals surface area contributed by atoms with Gasteiger partial charge in [0.1, 0.15) is 30.4 Å². The van der Waals surface area contributed by atoms with E-state index >= 15 is 0 Å². The molecule has 1 saturated heterocycles. The smallest absolute Gasteiger partial charge is 0.340 e. The number of hydrogen-bond acceptors (Lipinski definition) is 10. The molecule has 0 radical (unpaired) electrons. The molecule has 4 atom stereocenters. The summed E-state index contributed by atoms with van der Waals surface area (Å²) in [5.74, 6) is -3.82. The van der Waals surface area contributed by atoms with E-state index in [1.165, 1.54) is 6.92 Å². The van der Waals surface area contributed by atoms with Crippen LogP contribution in [-0.4, -0.2) is 63.6 Å². The normalized spacial score (nSPS) is 20.2. The zero-order valence-corrected chi connectivity index (χ0v) is 26.0. The Bertz CT molecular complexity index is 1860. The van der Waals surface area contributed by atoms with Crippen molar-refractivity contribution in [3.63, 3.8) is 0 Å². The quantitative estimate of drug-likeness (QED) is 0.185. The van der Waals surface area contributed by atoms with Gasteiger partial charge in [-0.3, -0.25) is 5.10 Å². The first-order chi connectivity index (χ1) is 22.4. The molecule has 240 valence electrons. The Morgan fingerprint density at radius 1 is 0.851 bits per heavy atom. The first kappa shape index (κ1) is 32.6. The summed E-state index contributed by atoms with van der Waals surface area (Å²) in [4.78, 5) is 52.4. The lowest BCUT2D eigenvalue weighted by atomic mass is 9.88. The third kappa shape index (κ3) is 6.75. The number of hydrogen-bond donors (Lipinski definition) is 2. The zero-order chi connectivity index (χ0) is 33.9. The summed E-state index contributed by atoms with van der Waals surface area (Å²) in [6.45, 7) is 6.50. The van der Waals surface area contributed by atoms with Crippen molar-refractivity contribution >= 4 is 23.9 Å². The summed E-state index contributed by atoms with van der Waals surface area (Å²) in [5, 5.41) is 25.9. The average molecular weight is 638 g/mol. The lowest BCUT2D eigenvalue weighted by molar-refractivity contribution is -0.0897. The van der Waals surface area contributed by atoms with Crippen molar-refractivity contribution in [3.8, 4) is 6.07 Å². The van der Waals surface area contributed by atoms with Crippen LogP contribution in [0.1, 0.15) is 82.5 Å². The number of aromatic carboxylic acids is 1. The van der Waals surface area contributed by atoms with E-state index in [0.717, 1.165) is 16.7 Å². The molecule has 0 amide bonds. The number of carboxylic acids is 1. The minimum atomic E-state index is -1.94. The number of aromatic amines is 1. The van der Waals surface area contributed by atoms with E-state index in [9.17, 15) is 29.5 Å². The molecule has 1 fully saturated rings. The summed E-state index contributed by atoms with van der Waals surface area (Å²) < 4.78 is 23.9. The Balaban J connectivity index is 1.58.